The Bertz CT molecular complexity index is 2320. The Morgan fingerprint density at radius 2 is 1.91 bits per heavy atom. The van der Waals surface area contributed by atoms with Gasteiger partial charge in [0.25, 0.3) is 11.8 Å². The van der Waals surface area contributed by atoms with Crippen molar-refractivity contribution in [2.24, 2.45) is 13.0 Å². The van der Waals surface area contributed by atoms with Crippen LogP contribution in [0.25, 0.3) is 11.0 Å². The summed E-state index contributed by atoms with van der Waals surface area (Å²) in [4.78, 5) is 67.2. The number of ether oxygens (including phenoxy) is 1. The number of halogens is 1. The number of amides is 4. The summed E-state index contributed by atoms with van der Waals surface area (Å²) in [6.45, 7) is 4.82. The van der Waals surface area contributed by atoms with E-state index in [1.54, 1.807) is 52.1 Å². The highest BCUT2D eigenvalue weighted by molar-refractivity contribution is 7.91. The van der Waals surface area contributed by atoms with Gasteiger partial charge in [-0.2, -0.15) is 5.10 Å². The van der Waals surface area contributed by atoms with E-state index in [9.17, 15) is 32.0 Å². The molecule has 3 N–H and O–H groups in total. The van der Waals surface area contributed by atoms with E-state index in [-0.39, 0.29) is 36.5 Å². The molecule has 1 saturated heterocycles. The lowest BCUT2D eigenvalue weighted by molar-refractivity contribution is -0.141. The van der Waals surface area contributed by atoms with Crippen LogP contribution in [-0.2, 0) is 31.5 Å². The number of aryl methyl sites for hydroxylation is 3. The second-order valence-electron chi connectivity index (χ2n) is 15.3. The molecule has 15 nitrogen and oxygen atoms in total. The predicted octanol–water partition coefficient (Wildman–Crippen LogP) is 2.98. The molecule has 56 heavy (non-hydrogen) atoms. The van der Waals surface area contributed by atoms with Gasteiger partial charge in [-0.05, 0) is 83.2 Å². The lowest BCUT2D eigenvalue weighted by Gasteiger charge is -2.35. The maximum atomic E-state index is 14.8. The van der Waals surface area contributed by atoms with E-state index in [1.165, 1.54) is 27.8 Å². The number of para-hydroxylation sites is 1. The lowest BCUT2D eigenvalue weighted by atomic mass is 9.85. The molecule has 2 aromatic heterocycles. The number of aromatic nitrogens is 4. The van der Waals surface area contributed by atoms with Crippen molar-refractivity contribution in [2.45, 2.75) is 101 Å². The number of allylic oxidation sites excluding steroid dienone is 1. The molecule has 296 valence electrons. The number of rotatable bonds is 7. The van der Waals surface area contributed by atoms with Gasteiger partial charge in [-0.15, -0.1) is 5.73 Å². The number of nitrogens with zero attached hydrogens (tertiary/aromatic N) is 5. The van der Waals surface area contributed by atoms with Crippen LogP contribution in [0.4, 0.5) is 4.39 Å². The predicted molar refractivity (Wildman–Crippen MR) is 202 cm³/mol. The zero-order valence-corrected chi connectivity index (χ0v) is 32.5. The van der Waals surface area contributed by atoms with Crippen molar-refractivity contribution in [1.82, 2.24) is 40.0 Å². The van der Waals surface area contributed by atoms with Gasteiger partial charge in [-0.25, -0.2) is 22.8 Å². The van der Waals surface area contributed by atoms with Crippen LogP contribution in [0.5, 0.6) is 5.88 Å². The van der Waals surface area contributed by atoms with E-state index in [0.29, 0.717) is 49.0 Å². The summed E-state index contributed by atoms with van der Waals surface area (Å²) in [7, 11) is -2.48. The number of fused-ring (bicyclic) bond motifs is 3. The second-order valence-corrected chi connectivity index (χ2v) is 17.5. The molecule has 0 spiro atoms. The van der Waals surface area contributed by atoms with Crippen LogP contribution in [0.3, 0.4) is 0 Å². The maximum absolute atomic E-state index is 14.8. The Balaban J connectivity index is 1.24. The highest BCUT2D eigenvalue weighted by atomic mass is 32.2. The monoisotopic (exact) mass is 788 g/mol. The first kappa shape index (κ1) is 38.8. The standard InChI is InChI=1S/C39H45FN8O7S/c1-23-20-30(47(4)45-23)33(49)42-29-15-9-7-5-6-8-12-25-13-11-17-39(25,37(52)46-56(53,54)38(3)18-19-38)44-34(50)31-21-26(22-48(31)36(29)51)55-35-24(2)41-28-16-10-14-27(40)32(28)43-35/h8,10,12-14,16-17,20,25-26,29,31H,5-7,9,15,18-19,21-22H2,1-4H3,(H,42,49)(H,44,50)(H,46,52)/b12-8-/t25?,26-,29+,31+,39-/m1/s1. The zero-order valence-electron chi connectivity index (χ0n) is 31.7. The third kappa shape index (κ3) is 7.44. The zero-order chi connectivity index (χ0) is 40.0. The van der Waals surface area contributed by atoms with Gasteiger partial charge in [0.05, 0.1) is 22.5 Å². The molecular formula is C39H45FN8O7S. The lowest BCUT2D eigenvalue weighted by Crippen LogP contribution is -2.64. The fourth-order valence-corrected chi connectivity index (χ4v) is 8.78. The van der Waals surface area contributed by atoms with Gasteiger partial charge in [-0.1, -0.05) is 31.1 Å². The molecule has 4 heterocycles. The summed E-state index contributed by atoms with van der Waals surface area (Å²) in [6, 6.07) is 3.71. The topological polar surface area (TPSA) is 195 Å². The smallest absolute Gasteiger partial charge is 0.270 e. The molecule has 7 rings (SSSR count). The first-order valence-electron chi connectivity index (χ1n) is 18.8. The SMILES string of the molecule is Cc1cc(C(=O)N[C@H]2CCCCC/C=C\C3C=C=C[C@@]3(C(=O)NS(=O)(=O)C3(C)CC3)NC(=O)[C@@H]3C[C@@H](Oc4nc5c(F)cccc5nc4C)CN3C2=O)n(C)n1. The van der Waals surface area contributed by atoms with Crippen molar-refractivity contribution >= 4 is 44.7 Å². The van der Waals surface area contributed by atoms with Crippen molar-refractivity contribution in [1.29, 1.82) is 0 Å². The highest BCUT2D eigenvalue weighted by Crippen LogP contribution is 2.42. The third-order valence-corrected chi connectivity index (χ3v) is 13.3. The minimum Gasteiger partial charge on any atom is -0.471 e. The molecule has 4 aliphatic rings. The molecular weight excluding hydrogens is 744 g/mol. The minimum absolute atomic E-state index is 0.00878. The Labute approximate surface area is 323 Å². The maximum Gasteiger partial charge on any atom is 0.270 e. The molecule has 4 amide bonds. The Morgan fingerprint density at radius 3 is 2.64 bits per heavy atom. The number of carbonyl (C=O) groups is 4. The van der Waals surface area contributed by atoms with E-state index in [4.69, 9.17) is 4.74 Å². The quantitative estimate of drug-likeness (QED) is 0.237. The molecule has 5 atom stereocenters. The first-order valence-corrected chi connectivity index (χ1v) is 20.3. The molecule has 17 heteroatoms. The summed E-state index contributed by atoms with van der Waals surface area (Å²) in [5.74, 6) is -4.16. The molecule has 0 radical (unpaired) electrons. The highest BCUT2D eigenvalue weighted by Gasteiger charge is 2.55. The van der Waals surface area contributed by atoms with Crippen LogP contribution in [-0.4, -0.2) is 91.7 Å². The first-order chi connectivity index (χ1) is 26.6. The summed E-state index contributed by atoms with van der Waals surface area (Å²) < 4.78 is 50.2. The molecule has 0 bridgehead atoms. The van der Waals surface area contributed by atoms with E-state index >= 15 is 0 Å². The molecule has 2 aliphatic heterocycles. The van der Waals surface area contributed by atoms with Gasteiger partial charge in [0.1, 0.15) is 35.1 Å². The average Bonchev–Trinajstić information content (AvgIpc) is 3.42. The van der Waals surface area contributed by atoms with E-state index in [2.05, 4.69) is 36.2 Å². The van der Waals surface area contributed by atoms with Gasteiger partial charge < -0.3 is 20.3 Å². The normalized spacial score (nSPS) is 26.8. The van der Waals surface area contributed by atoms with Crippen molar-refractivity contribution < 1.29 is 36.7 Å². The van der Waals surface area contributed by atoms with Crippen LogP contribution in [0.15, 0.2) is 54.3 Å². The van der Waals surface area contributed by atoms with Gasteiger partial charge >= 0.3 is 0 Å². The molecule has 2 fully saturated rings. The van der Waals surface area contributed by atoms with Crippen LogP contribution < -0.4 is 20.1 Å². The molecule has 2 aliphatic carbocycles. The Kier molecular flexibility index (Phi) is 10.3. The van der Waals surface area contributed by atoms with Gasteiger partial charge in [0, 0.05) is 19.4 Å². The number of hydrogen-bond donors (Lipinski definition) is 3. The Hall–Kier alpha value is -5.41. The number of nitrogens with one attached hydrogen (secondary N) is 3. The van der Waals surface area contributed by atoms with E-state index < -0.39 is 73.9 Å². The number of sulfonamides is 1. The van der Waals surface area contributed by atoms with Crippen molar-refractivity contribution in [3.05, 3.63) is 77.2 Å². The third-order valence-electron chi connectivity index (χ3n) is 11.1. The van der Waals surface area contributed by atoms with Crippen molar-refractivity contribution in [3.8, 4) is 5.88 Å². The largest absolute Gasteiger partial charge is 0.471 e. The summed E-state index contributed by atoms with van der Waals surface area (Å²) in [5.41, 5.74) is 2.56. The second kappa shape index (κ2) is 14.9. The average molecular weight is 789 g/mol. The molecule has 1 saturated carbocycles. The van der Waals surface area contributed by atoms with Crippen LogP contribution in [0.1, 0.15) is 80.2 Å². The molecule has 1 aromatic carbocycles. The van der Waals surface area contributed by atoms with E-state index in [0.717, 1.165) is 6.42 Å². The summed E-state index contributed by atoms with van der Waals surface area (Å²) in [5, 5.41) is 9.95. The fraction of sp³-hybridized carbons (Fsp3) is 0.487. The minimum atomic E-state index is -4.11. The van der Waals surface area contributed by atoms with Gasteiger partial charge in [0.2, 0.25) is 27.7 Å². The summed E-state index contributed by atoms with van der Waals surface area (Å²) >= 11 is 0. The summed E-state index contributed by atoms with van der Waals surface area (Å²) in [6.07, 6.45) is 9.30. The van der Waals surface area contributed by atoms with Gasteiger partial charge in [-0.3, -0.25) is 28.6 Å². The number of benzene rings is 1. The number of hydrogen-bond acceptors (Lipinski definition) is 10. The fourth-order valence-electron chi connectivity index (χ4n) is 7.48. The molecule has 3 aromatic rings. The number of carbonyl (C=O) groups excluding carboxylic acids is 4. The van der Waals surface area contributed by atoms with Crippen molar-refractivity contribution in [3.63, 3.8) is 0 Å². The van der Waals surface area contributed by atoms with Crippen LogP contribution >= 0.6 is 0 Å². The van der Waals surface area contributed by atoms with Gasteiger partial charge in [0.15, 0.2) is 11.4 Å². The van der Waals surface area contributed by atoms with Crippen LogP contribution in [0.2, 0.25) is 0 Å². The van der Waals surface area contributed by atoms with Crippen molar-refractivity contribution in [2.75, 3.05) is 6.54 Å². The van der Waals surface area contributed by atoms with E-state index in [1.807, 2.05) is 6.08 Å². The molecule has 1 unspecified atom stereocenters. The Morgan fingerprint density at radius 1 is 1.12 bits per heavy atom. The van der Waals surface area contributed by atoms with Crippen LogP contribution in [0, 0.1) is 25.6 Å².